The van der Waals surface area contributed by atoms with E-state index in [4.69, 9.17) is 4.74 Å². The third kappa shape index (κ3) is 7.51. The van der Waals surface area contributed by atoms with Crippen molar-refractivity contribution in [1.29, 1.82) is 0 Å². The average Bonchev–Trinajstić information content (AvgIpc) is 3.23. The molecule has 1 heterocycles. The van der Waals surface area contributed by atoms with Gasteiger partial charge in [0.1, 0.15) is 13.1 Å². The lowest BCUT2D eigenvalue weighted by Gasteiger charge is -2.30. The quantitative estimate of drug-likeness (QED) is 0.586. The third-order valence-electron chi connectivity index (χ3n) is 4.37. The van der Waals surface area contributed by atoms with Gasteiger partial charge in [-0.25, -0.2) is 4.79 Å². The first-order valence-corrected chi connectivity index (χ1v) is 10.8. The molecule has 0 aliphatic rings. The molecule has 1 N–H and O–H groups in total. The van der Waals surface area contributed by atoms with Gasteiger partial charge in [0.25, 0.3) is 0 Å². The van der Waals surface area contributed by atoms with Gasteiger partial charge in [-0.05, 0) is 37.8 Å². The molecule has 7 nitrogen and oxygen atoms in total. The Morgan fingerprint density at radius 1 is 1.07 bits per heavy atom. The van der Waals surface area contributed by atoms with Crippen LogP contribution in [-0.4, -0.2) is 53.4 Å². The summed E-state index contributed by atoms with van der Waals surface area (Å²) < 4.78 is 4.83. The van der Waals surface area contributed by atoms with Crippen molar-refractivity contribution in [3.63, 3.8) is 0 Å². The van der Waals surface area contributed by atoms with E-state index >= 15 is 0 Å². The number of nitrogens with one attached hydrogen (secondary N) is 1. The molecule has 0 radical (unpaired) electrons. The molecule has 0 aliphatic heterocycles. The van der Waals surface area contributed by atoms with E-state index in [1.807, 2.05) is 61.7 Å². The van der Waals surface area contributed by atoms with Gasteiger partial charge in [0.05, 0.1) is 13.2 Å². The average molecular weight is 432 g/mol. The van der Waals surface area contributed by atoms with Crippen molar-refractivity contribution in [2.75, 3.05) is 19.7 Å². The summed E-state index contributed by atoms with van der Waals surface area (Å²) >= 11 is 1.59. The second-order valence-corrected chi connectivity index (χ2v) is 8.03. The molecular weight excluding hydrogens is 402 g/mol. The first-order chi connectivity index (χ1) is 14.4. The van der Waals surface area contributed by atoms with E-state index < -0.39 is 12.0 Å². The number of amides is 3. The van der Waals surface area contributed by atoms with E-state index in [0.29, 0.717) is 13.1 Å². The molecule has 0 bridgehead atoms. The minimum atomic E-state index is -0.510. The van der Waals surface area contributed by atoms with Gasteiger partial charge < -0.3 is 19.9 Å². The van der Waals surface area contributed by atoms with Gasteiger partial charge in [-0.1, -0.05) is 36.4 Å². The molecule has 8 heteroatoms. The number of esters is 1. The zero-order chi connectivity index (χ0) is 21.9. The van der Waals surface area contributed by atoms with E-state index in [-0.39, 0.29) is 31.6 Å². The Hall–Kier alpha value is -2.87. The van der Waals surface area contributed by atoms with Gasteiger partial charge in [0, 0.05) is 17.5 Å². The van der Waals surface area contributed by atoms with E-state index in [2.05, 4.69) is 5.32 Å². The molecule has 3 amide bonds. The van der Waals surface area contributed by atoms with Crippen molar-refractivity contribution >= 4 is 29.2 Å². The molecule has 0 atom stereocenters. The van der Waals surface area contributed by atoms with Crippen molar-refractivity contribution in [2.45, 2.75) is 39.9 Å². The number of nitrogens with zero attached hydrogens (tertiary/aromatic N) is 2. The predicted octanol–water partition coefficient (Wildman–Crippen LogP) is 3.26. The SMILES string of the molecule is CCOC(=O)CNC(=O)N(CC(=O)N(Cc1ccccc1)Cc1cccs1)C(C)C. The number of urea groups is 1. The Morgan fingerprint density at radius 2 is 1.80 bits per heavy atom. The van der Waals surface area contributed by atoms with Crippen LogP contribution in [-0.2, 0) is 27.4 Å². The maximum Gasteiger partial charge on any atom is 0.325 e. The lowest BCUT2D eigenvalue weighted by molar-refractivity contribution is -0.141. The number of hydrogen-bond acceptors (Lipinski definition) is 5. The first-order valence-electron chi connectivity index (χ1n) is 9.94. The van der Waals surface area contributed by atoms with Crippen LogP contribution in [0, 0.1) is 0 Å². The summed E-state index contributed by atoms with van der Waals surface area (Å²) in [5.74, 6) is -0.670. The highest BCUT2D eigenvalue weighted by Crippen LogP contribution is 2.15. The molecule has 0 spiro atoms. The van der Waals surface area contributed by atoms with Crippen LogP contribution in [0.2, 0.25) is 0 Å². The van der Waals surface area contributed by atoms with Crippen LogP contribution < -0.4 is 5.32 Å². The number of rotatable bonds is 10. The van der Waals surface area contributed by atoms with Crippen LogP contribution >= 0.6 is 11.3 Å². The molecule has 0 fully saturated rings. The molecule has 0 aliphatic carbocycles. The minimum Gasteiger partial charge on any atom is -0.465 e. The van der Waals surface area contributed by atoms with Crippen molar-refractivity contribution in [2.24, 2.45) is 0 Å². The van der Waals surface area contributed by atoms with Crippen molar-refractivity contribution in [3.05, 3.63) is 58.3 Å². The van der Waals surface area contributed by atoms with Crippen molar-refractivity contribution < 1.29 is 19.1 Å². The zero-order valence-corrected chi connectivity index (χ0v) is 18.5. The smallest absolute Gasteiger partial charge is 0.325 e. The van der Waals surface area contributed by atoms with Crippen LogP contribution in [0.1, 0.15) is 31.2 Å². The Labute approximate surface area is 181 Å². The zero-order valence-electron chi connectivity index (χ0n) is 17.7. The van der Waals surface area contributed by atoms with E-state index in [0.717, 1.165) is 10.4 Å². The number of benzene rings is 1. The van der Waals surface area contributed by atoms with Crippen molar-refractivity contribution in [3.8, 4) is 0 Å². The number of carbonyl (C=O) groups excluding carboxylic acids is 3. The summed E-state index contributed by atoms with van der Waals surface area (Å²) in [7, 11) is 0. The largest absolute Gasteiger partial charge is 0.465 e. The fourth-order valence-electron chi connectivity index (χ4n) is 2.82. The molecule has 162 valence electrons. The highest BCUT2D eigenvalue weighted by Gasteiger charge is 2.24. The lowest BCUT2D eigenvalue weighted by Crippen LogP contribution is -2.50. The van der Waals surface area contributed by atoms with Crippen LogP contribution in [0.3, 0.4) is 0 Å². The number of hydrogen-bond donors (Lipinski definition) is 1. The van der Waals surface area contributed by atoms with Crippen molar-refractivity contribution in [1.82, 2.24) is 15.1 Å². The molecule has 0 saturated carbocycles. The van der Waals surface area contributed by atoms with E-state index in [9.17, 15) is 14.4 Å². The summed E-state index contributed by atoms with van der Waals surface area (Å²) in [6.07, 6.45) is 0. The highest BCUT2D eigenvalue weighted by atomic mass is 32.1. The van der Waals surface area contributed by atoms with Gasteiger partial charge in [-0.15, -0.1) is 11.3 Å². The van der Waals surface area contributed by atoms with Crippen LogP contribution in [0.25, 0.3) is 0 Å². The topological polar surface area (TPSA) is 79.0 Å². The number of carbonyl (C=O) groups is 3. The second-order valence-electron chi connectivity index (χ2n) is 7.00. The Kier molecular flexibility index (Phi) is 9.34. The van der Waals surface area contributed by atoms with E-state index in [1.165, 1.54) is 4.90 Å². The molecule has 30 heavy (non-hydrogen) atoms. The minimum absolute atomic E-state index is 0.0788. The van der Waals surface area contributed by atoms with Crippen LogP contribution in [0.15, 0.2) is 47.8 Å². The van der Waals surface area contributed by atoms with Gasteiger partial charge in [-0.2, -0.15) is 0 Å². The number of thiophene rings is 1. The van der Waals surface area contributed by atoms with Gasteiger partial charge in [0.2, 0.25) is 5.91 Å². The second kappa shape index (κ2) is 12.0. The normalized spacial score (nSPS) is 10.5. The summed E-state index contributed by atoms with van der Waals surface area (Å²) in [4.78, 5) is 41.5. The predicted molar refractivity (Wildman–Crippen MR) is 117 cm³/mol. The first kappa shape index (κ1) is 23.4. The molecule has 1 aromatic heterocycles. The van der Waals surface area contributed by atoms with Crippen LogP contribution in [0.4, 0.5) is 4.79 Å². The van der Waals surface area contributed by atoms with Crippen LogP contribution in [0.5, 0.6) is 0 Å². The fourth-order valence-corrected chi connectivity index (χ4v) is 3.54. The van der Waals surface area contributed by atoms with Gasteiger partial charge in [-0.3, -0.25) is 9.59 Å². The Bertz CT molecular complexity index is 809. The van der Waals surface area contributed by atoms with Gasteiger partial charge >= 0.3 is 12.0 Å². The van der Waals surface area contributed by atoms with Gasteiger partial charge in [0.15, 0.2) is 0 Å². The molecular formula is C22H29N3O4S. The molecule has 2 rings (SSSR count). The molecule has 1 aromatic carbocycles. The summed E-state index contributed by atoms with van der Waals surface area (Å²) in [5, 5.41) is 4.51. The molecule has 0 unspecified atom stereocenters. The third-order valence-corrected chi connectivity index (χ3v) is 5.24. The lowest BCUT2D eigenvalue weighted by atomic mass is 10.2. The fraction of sp³-hybridized carbons (Fsp3) is 0.409. The summed E-state index contributed by atoms with van der Waals surface area (Å²) in [5.41, 5.74) is 1.02. The summed E-state index contributed by atoms with van der Waals surface area (Å²) in [6.45, 7) is 6.23. The maximum atomic E-state index is 13.2. The molecule has 0 saturated heterocycles. The highest BCUT2D eigenvalue weighted by molar-refractivity contribution is 7.09. The molecule has 2 aromatic rings. The maximum absolute atomic E-state index is 13.2. The number of ether oxygens (including phenoxy) is 1. The Balaban J connectivity index is 2.07. The summed E-state index contributed by atoms with van der Waals surface area (Å²) in [6, 6.07) is 13.0. The Morgan fingerprint density at radius 3 is 2.40 bits per heavy atom. The standard InChI is InChI=1S/C22H29N3O4S/c1-4-29-21(27)13-23-22(28)25(17(2)3)16-20(26)24(15-19-11-8-12-30-19)14-18-9-6-5-7-10-18/h5-12,17H,4,13-16H2,1-3H3,(H,23,28). The van der Waals surface area contributed by atoms with E-state index in [1.54, 1.807) is 23.2 Å². The monoisotopic (exact) mass is 431 g/mol.